The molecule has 0 aliphatic heterocycles. The van der Waals surface area contributed by atoms with Crippen molar-refractivity contribution in [2.24, 2.45) is 4.99 Å². The molecule has 4 nitrogen and oxygen atoms in total. The van der Waals surface area contributed by atoms with Gasteiger partial charge < -0.3 is 14.9 Å². The zero-order valence-corrected chi connectivity index (χ0v) is 12.1. The molecule has 0 fully saturated rings. The zero-order chi connectivity index (χ0) is 17.0. The number of rotatable bonds is 4. The van der Waals surface area contributed by atoms with E-state index in [0.717, 1.165) is 18.3 Å². The summed E-state index contributed by atoms with van der Waals surface area (Å²) in [5.74, 6) is -0.303. The van der Waals surface area contributed by atoms with E-state index in [1.54, 1.807) is 0 Å². The lowest BCUT2D eigenvalue weighted by atomic mass is 10.1. The quantitative estimate of drug-likeness (QED) is 0.842. The summed E-state index contributed by atoms with van der Waals surface area (Å²) in [5.41, 5.74) is -0.564. The number of hydrogen-bond acceptors (Lipinski definition) is 4. The van der Waals surface area contributed by atoms with Crippen molar-refractivity contribution in [2.45, 2.75) is 12.8 Å². The van der Waals surface area contributed by atoms with Crippen LogP contribution in [0.5, 0.6) is 17.2 Å². The number of hydrogen-bond donors (Lipinski definition) is 2. The van der Waals surface area contributed by atoms with Gasteiger partial charge >= 0.3 is 6.18 Å². The van der Waals surface area contributed by atoms with Crippen LogP contribution < -0.4 is 4.74 Å². The molecule has 0 radical (unpaired) electrons. The van der Waals surface area contributed by atoms with Gasteiger partial charge in [0.15, 0.2) is 0 Å². The van der Waals surface area contributed by atoms with Crippen molar-refractivity contribution in [1.29, 1.82) is 0 Å². The highest BCUT2D eigenvalue weighted by Gasteiger charge is 2.33. The van der Waals surface area contributed by atoms with Crippen molar-refractivity contribution in [3.63, 3.8) is 0 Å². The zero-order valence-electron chi connectivity index (χ0n) is 12.1. The predicted molar refractivity (Wildman–Crippen MR) is 79.1 cm³/mol. The fraction of sp³-hybridized carbons (Fsp3) is 0.188. The molecule has 0 unspecified atom stereocenters. The fourth-order valence-corrected chi connectivity index (χ4v) is 1.96. The lowest BCUT2D eigenvalue weighted by Gasteiger charge is -2.13. The second-order valence-electron chi connectivity index (χ2n) is 4.74. The highest BCUT2D eigenvalue weighted by Crippen LogP contribution is 2.34. The number of benzene rings is 2. The third kappa shape index (κ3) is 4.15. The normalized spacial score (nSPS) is 11.8. The van der Waals surface area contributed by atoms with Gasteiger partial charge in [0.05, 0.1) is 5.56 Å². The molecule has 0 amide bonds. The van der Waals surface area contributed by atoms with Crippen molar-refractivity contribution in [3.05, 3.63) is 53.1 Å². The van der Waals surface area contributed by atoms with Gasteiger partial charge in [0.2, 0.25) is 0 Å². The Bertz CT molecular complexity index is 727. The van der Waals surface area contributed by atoms with E-state index < -0.39 is 11.7 Å². The van der Waals surface area contributed by atoms with Crippen molar-refractivity contribution in [2.75, 3.05) is 7.05 Å². The number of phenols is 2. The predicted octanol–water partition coefficient (Wildman–Crippen LogP) is 3.74. The Morgan fingerprint density at radius 3 is 2.48 bits per heavy atom. The maximum absolute atomic E-state index is 13.0. The van der Waals surface area contributed by atoms with Crippen LogP contribution in [0, 0.1) is 0 Å². The summed E-state index contributed by atoms with van der Waals surface area (Å²) in [6.07, 6.45) is -3.41. The van der Waals surface area contributed by atoms with E-state index in [1.807, 2.05) is 0 Å². The Kier molecular flexibility index (Phi) is 4.78. The summed E-state index contributed by atoms with van der Waals surface area (Å²) >= 11 is 0. The van der Waals surface area contributed by atoms with Crippen LogP contribution in [0.3, 0.4) is 0 Å². The van der Waals surface area contributed by atoms with Gasteiger partial charge in [0, 0.05) is 30.5 Å². The van der Waals surface area contributed by atoms with Crippen molar-refractivity contribution in [1.82, 2.24) is 0 Å². The first-order valence-electron chi connectivity index (χ1n) is 6.58. The van der Waals surface area contributed by atoms with Gasteiger partial charge in [-0.2, -0.15) is 13.2 Å². The largest absolute Gasteiger partial charge is 0.508 e. The second kappa shape index (κ2) is 6.60. The summed E-state index contributed by atoms with van der Waals surface area (Å²) < 4.78 is 44.4. The van der Waals surface area contributed by atoms with E-state index in [1.165, 1.54) is 31.3 Å². The van der Waals surface area contributed by atoms with Gasteiger partial charge in [0.1, 0.15) is 23.9 Å². The number of alkyl halides is 3. The molecular formula is C16H14F3NO3. The Balaban J connectivity index is 2.23. The summed E-state index contributed by atoms with van der Waals surface area (Å²) in [4.78, 5) is 3.60. The fourth-order valence-electron chi connectivity index (χ4n) is 1.96. The summed E-state index contributed by atoms with van der Waals surface area (Å²) in [6, 6.07) is 7.44. The molecule has 0 aliphatic rings. The number of nitrogens with zero attached hydrogens (tertiary/aromatic N) is 1. The molecule has 23 heavy (non-hydrogen) atoms. The Labute approximate surface area is 130 Å². The highest BCUT2D eigenvalue weighted by atomic mass is 19.4. The molecule has 0 saturated heterocycles. The van der Waals surface area contributed by atoms with Gasteiger partial charge in [-0.15, -0.1) is 0 Å². The third-order valence-corrected chi connectivity index (χ3v) is 3.06. The molecule has 0 atom stereocenters. The average Bonchev–Trinajstić information content (AvgIpc) is 2.46. The summed E-state index contributed by atoms with van der Waals surface area (Å²) in [7, 11) is 1.39. The topological polar surface area (TPSA) is 62.0 Å². The van der Waals surface area contributed by atoms with Crippen molar-refractivity contribution in [3.8, 4) is 17.2 Å². The Hall–Kier alpha value is -2.70. The third-order valence-electron chi connectivity index (χ3n) is 3.06. The SMILES string of the molecule is CN=Cc1ccc(OCc2ccc(O)cc2O)cc1C(F)(F)F. The van der Waals surface area contributed by atoms with Crippen LogP contribution in [-0.4, -0.2) is 23.5 Å². The molecule has 0 bridgehead atoms. The molecule has 2 aromatic rings. The number of aromatic hydroxyl groups is 2. The van der Waals surface area contributed by atoms with Crippen LogP contribution in [-0.2, 0) is 12.8 Å². The number of halogens is 3. The smallest absolute Gasteiger partial charge is 0.417 e. The van der Waals surface area contributed by atoms with Crippen LogP contribution in [0.4, 0.5) is 13.2 Å². The molecular weight excluding hydrogens is 311 g/mol. The Morgan fingerprint density at radius 2 is 1.87 bits per heavy atom. The van der Waals surface area contributed by atoms with Crippen molar-refractivity contribution >= 4 is 6.21 Å². The lowest BCUT2D eigenvalue weighted by Crippen LogP contribution is -2.09. The van der Waals surface area contributed by atoms with E-state index >= 15 is 0 Å². The van der Waals surface area contributed by atoms with Gasteiger partial charge in [-0.05, 0) is 30.3 Å². The first-order chi connectivity index (χ1) is 10.8. The maximum atomic E-state index is 13.0. The van der Waals surface area contributed by atoms with E-state index in [9.17, 15) is 23.4 Å². The van der Waals surface area contributed by atoms with Crippen LogP contribution in [0.1, 0.15) is 16.7 Å². The number of ether oxygens (including phenoxy) is 1. The molecule has 0 saturated carbocycles. The molecule has 122 valence electrons. The van der Waals surface area contributed by atoms with E-state index in [0.29, 0.717) is 5.56 Å². The highest BCUT2D eigenvalue weighted by molar-refractivity contribution is 5.82. The second-order valence-corrected chi connectivity index (χ2v) is 4.74. The van der Waals surface area contributed by atoms with Crippen LogP contribution in [0.15, 0.2) is 41.4 Å². The van der Waals surface area contributed by atoms with Gasteiger partial charge in [-0.3, -0.25) is 4.99 Å². The minimum Gasteiger partial charge on any atom is -0.508 e. The van der Waals surface area contributed by atoms with E-state index in [4.69, 9.17) is 4.74 Å². The van der Waals surface area contributed by atoms with Crippen LogP contribution in [0.2, 0.25) is 0 Å². The van der Waals surface area contributed by atoms with E-state index in [2.05, 4.69) is 4.99 Å². The minimum absolute atomic E-state index is 0.0121. The molecule has 0 aromatic heterocycles. The first-order valence-corrected chi connectivity index (χ1v) is 6.58. The molecule has 0 heterocycles. The standard InChI is InChI=1S/C16H14F3NO3/c1-20-8-10-3-5-13(7-14(10)16(17,18)19)23-9-11-2-4-12(21)6-15(11)22/h2-8,21-22H,9H2,1H3. The molecule has 2 aromatic carbocycles. The first kappa shape index (κ1) is 16.7. The molecule has 7 heteroatoms. The average molecular weight is 325 g/mol. The monoisotopic (exact) mass is 325 g/mol. The van der Waals surface area contributed by atoms with Gasteiger partial charge in [-0.1, -0.05) is 0 Å². The molecule has 0 spiro atoms. The minimum atomic E-state index is -4.53. The molecule has 2 N–H and O–H groups in total. The van der Waals surface area contributed by atoms with Crippen LogP contribution >= 0.6 is 0 Å². The van der Waals surface area contributed by atoms with Crippen molar-refractivity contribution < 1.29 is 28.1 Å². The number of phenolic OH excluding ortho intramolecular Hbond substituents is 2. The Morgan fingerprint density at radius 1 is 1.13 bits per heavy atom. The van der Waals surface area contributed by atoms with Gasteiger partial charge in [-0.25, -0.2) is 0 Å². The molecule has 0 aliphatic carbocycles. The number of aliphatic imine (C=N–C) groups is 1. The van der Waals surface area contributed by atoms with E-state index in [-0.39, 0.29) is 29.4 Å². The van der Waals surface area contributed by atoms with Crippen LogP contribution in [0.25, 0.3) is 0 Å². The maximum Gasteiger partial charge on any atom is 0.417 e. The van der Waals surface area contributed by atoms with Gasteiger partial charge in [0.25, 0.3) is 0 Å². The lowest BCUT2D eigenvalue weighted by molar-refractivity contribution is -0.137. The summed E-state index contributed by atoms with van der Waals surface area (Å²) in [5, 5.41) is 18.8. The molecule has 2 rings (SSSR count). The summed E-state index contributed by atoms with van der Waals surface area (Å²) in [6.45, 7) is -0.134.